The molecule has 38 heavy (non-hydrogen) atoms. The van der Waals surface area contributed by atoms with Crippen LogP contribution in [0, 0.1) is 0 Å². The van der Waals surface area contributed by atoms with E-state index in [1.165, 1.54) is 0 Å². The van der Waals surface area contributed by atoms with Gasteiger partial charge < -0.3 is 19.3 Å². The summed E-state index contributed by atoms with van der Waals surface area (Å²) >= 11 is 0. The number of rotatable bonds is 7. The molecule has 0 unspecified atom stereocenters. The van der Waals surface area contributed by atoms with Crippen molar-refractivity contribution in [1.29, 1.82) is 0 Å². The molecule has 198 valence electrons. The Morgan fingerprint density at radius 1 is 1.13 bits per heavy atom. The lowest BCUT2D eigenvalue weighted by Gasteiger charge is -2.27. The lowest BCUT2D eigenvalue weighted by Crippen LogP contribution is -2.36. The van der Waals surface area contributed by atoms with Gasteiger partial charge in [-0.2, -0.15) is 5.10 Å². The number of benzene rings is 1. The molecule has 9 heteroatoms. The zero-order chi connectivity index (χ0) is 26.8. The molecular weight excluding hydrogens is 480 g/mol. The van der Waals surface area contributed by atoms with Crippen LogP contribution in [-0.4, -0.2) is 72.7 Å². The van der Waals surface area contributed by atoms with Crippen molar-refractivity contribution in [2.75, 3.05) is 56.8 Å². The Bertz CT molecular complexity index is 1440. The first-order chi connectivity index (χ1) is 18.4. The monoisotopic (exact) mass is 514 g/mol. The standard InChI is InChI=1S/C29H34N6O3/c1-6-38-29(36)24-17-23(20-10-11-25(30-18-20)34-12-14-37-15-13-34)26-27(19(2)3)32-35(28(26)31-24)22-9-7-8-21(16-22)33(4)5/h7-11,16-19H,6,12-15H2,1-5H3. The summed E-state index contributed by atoms with van der Waals surface area (Å²) in [6.45, 7) is 9.32. The van der Waals surface area contributed by atoms with Gasteiger partial charge in [0.15, 0.2) is 11.3 Å². The second-order valence-corrected chi connectivity index (χ2v) is 9.84. The molecule has 0 atom stereocenters. The van der Waals surface area contributed by atoms with E-state index in [9.17, 15) is 4.79 Å². The van der Waals surface area contributed by atoms with E-state index in [0.717, 1.165) is 52.5 Å². The number of aromatic nitrogens is 4. The van der Waals surface area contributed by atoms with E-state index in [2.05, 4.69) is 30.9 Å². The largest absolute Gasteiger partial charge is 0.461 e. The molecule has 5 rings (SSSR count). The van der Waals surface area contributed by atoms with Crippen LogP contribution in [0.5, 0.6) is 0 Å². The quantitative estimate of drug-likeness (QED) is 0.329. The van der Waals surface area contributed by atoms with Gasteiger partial charge in [0.05, 0.1) is 36.6 Å². The van der Waals surface area contributed by atoms with Gasteiger partial charge in [0, 0.05) is 44.6 Å². The van der Waals surface area contributed by atoms with Crippen molar-refractivity contribution in [2.45, 2.75) is 26.7 Å². The van der Waals surface area contributed by atoms with Gasteiger partial charge in [-0.1, -0.05) is 19.9 Å². The third-order valence-corrected chi connectivity index (χ3v) is 6.68. The van der Waals surface area contributed by atoms with Crippen LogP contribution in [0.3, 0.4) is 0 Å². The minimum Gasteiger partial charge on any atom is -0.461 e. The van der Waals surface area contributed by atoms with Crippen LogP contribution < -0.4 is 9.80 Å². The van der Waals surface area contributed by atoms with Crippen molar-refractivity contribution in [3.63, 3.8) is 0 Å². The fourth-order valence-electron chi connectivity index (χ4n) is 4.69. The summed E-state index contributed by atoms with van der Waals surface area (Å²) in [7, 11) is 4.01. The summed E-state index contributed by atoms with van der Waals surface area (Å²) in [6.07, 6.45) is 1.86. The Balaban J connectivity index is 1.72. The molecule has 0 radical (unpaired) electrons. The smallest absolute Gasteiger partial charge is 0.357 e. The van der Waals surface area contributed by atoms with Crippen LogP contribution in [0.15, 0.2) is 48.7 Å². The van der Waals surface area contributed by atoms with Gasteiger partial charge in [-0.25, -0.2) is 19.4 Å². The van der Waals surface area contributed by atoms with Crippen molar-refractivity contribution in [2.24, 2.45) is 0 Å². The van der Waals surface area contributed by atoms with Gasteiger partial charge in [0.2, 0.25) is 0 Å². The fraction of sp³-hybridized carbons (Fsp3) is 0.379. The SMILES string of the molecule is CCOC(=O)c1cc(-c2ccc(N3CCOCC3)nc2)c2c(C(C)C)nn(-c3cccc(N(C)C)c3)c2n1. The molecule has 1 aliphatic rings. The Morgan fingerprint density at radius 2 is 1.92 bits per heavy atom. The van der Waals surface area contributed by atoms with Crippen molar-refractivity contribution in [3.8, 4) is 16.8 Å². The first-order valence-electron chi connectivity index (χ1n) is 13.0. The number of morpholine rings is 1. The van der Waals surface area contributed by atoms with Gasteiger partial charge in [0.1, 0.15) is 5.82 Å². The predicted octanol–water partition coefficient (Wildman–Crippen LogP) is 4.69. The van der Waals surface area contributed by atoms with Crippen molar-refractivity contribution >= 4 is 28.5 Å². The number of carbonyl (C=O) groups is 1. The number of nitrogens with zero attached hydrogens (tertiary/aromatic N) is 6. The Morgan fingerprint density at radius 3 is 2.58 bits per heavy atom. The number of hydrogen-bond acceptors (Lipinski definition) is 8. The third-order valence-electron chi connectivity index (χ3n) is 6.68. The highest BCUT2D eigenvalue weighted by Gasteiger charge is 2.24. The zero-order valence-electron chi connectivity index (χ0n) is 22.6. The number of ether oxygens (including phenoxy) is 2. The van der Waals surface area contributed by atoms with Crippen LogP contribution in [0.1, 0.15) is 42.9 Å². The molecule has 3 aromatic heterocycles. The molecular formula is C29H34N6O3. The normalized spacial score (nSPS) is 13.8. The van der Waals surface area contributed by atoms with Gasteiger partial charge in [-0.05, 0) is 54.8 Å². The van der Waals surface area contributed by atoms with Crippen LogP contribution in [0.4, 0.5) is 11.5 Å². The van der Waals surface area contributed by atoms with E-state index in [4.69, 9.17) is 24.5 Å². The van der Waals surface area contributed by atoms with Gasteiger partial charge in [-0.3, -0.25) is 0 Å². The van der Waals surface area contributed by atoms with Gasteiger partial charge in [0.25, 0.3) is 0 Å². The Labute approximate surface area is 223 Å². The van der Waals surface area contributed by atoms with Crippen molar-refractivity contribution in [3.05, 3.63) is 60.0 Å². The summed E-state index contributed by atoms with van der Waals surface area (Å²) < 4.78 is 12.7. The molecule has 9 nitrogen and oxygen atoms in total. The summed E-state index contributed by atoms with van der Waals surface area (Å²) in [5.41, 5.74) is 5.43. The Hall–Kier alpha value is -3.98. The topological polar surface area (TPSA) is 85.6 Å². The molecule has 0 saturated carbocycles. The maximum atomic E-state index is 12.9. The molecule has 0 N–H and O–H groups in total. The second kappa shape index (κ2) is 10.8. The molecule has 0 spiro atoms. The summed E-state index contributed by atoms with van der Waals surface area (Å²) in [5, 5.41) is 5.93. The van der Waals surface area contributed by atoms with E-state index in [-0.39, 0.29) is 18.2 Å². The van der Waals surface area contributed by atoms with Crippen LogP contribution in [0.25, 0.3) is 27.8 Å². The third kappa shape index (κ3) is 4.93. The van der Waals surface area contributed by atoms with Crippen LogP contribution in [0.2, 0.25) is 0 Å². The molecule has 0 amide bonds. The summed E-state index contributed by atoms with van der Waals surface area (Å²) in [6, 6.07) is 14.0. The molecule has 1 saturated heterocycles. The number of pyridine rings is 2. The maximum absolute atomic E-state index is 12.9. The van der Waals surface area contributed by atoms with Gasteiger partial charge in [-0.15, -0.1) is 0 Å². The highest BCUT2D eigenvalue weighted by atomic mass is 16.5. The summed E-state index contributed by atoms with van der Waals surface area (Å²) in [5.74, 6) is 0.577. The fourth-order valence-corrected chi connectivity index (χ4v) is 4.69. The second-order valence-electron chi connectivity index (χ2n) is 9.84. The zero-order valence-corrected chi connectivity index (χ0v) is 22.6. The molecule has 1 fully saturated rings. The van der Waals surface area contributed by atoms with E-state index in [1.54, 1.807) is 13.0 Å². The molecule has 1 aliphatic heterocycles. The van der Waals surface area contributed by atoms with E-state index < -0.39 is 5.97 Å². The molecule has 4 aromatic rings. The lowest BCUT2D eigenvalue weighted by molar-refractivity contribution is 0.0520. The first-order valence-corrected chi connectivity index (χ1v) is 13.0. The van der Waals surface area contributed by atoms with Gasteiger partial charge >= 0.3 is 5.97 Å². The highest BCUT2D eigenvalue weighted by Crippen LogP contribution is 2.36. The van der Waals surface area contributed by atoms with Crippen molar-refractivity contribution in [1.82, 2.24) is 19.7 Å². The maximum Gasteiger partial charge on any atom is 0.357 e. The molecule has 0 bridgehead atoms. The van der Waals surface area contributed by atoms with E-state index in [0.29, 0.717) is 18.9 Å². The minimum atomic E-state index is -0.463. The molecule has 0 aliphatic carbocycles. The van der Waals surface area contributed by atoms with E-state index >= 15 is 0 Å². The van der Waals surface area contributed by atoms with Crippen LogP contribution >= 0.6 is 0 Å². The number of fused-ring (bicyclic) bond motifs is 1. The van der Waals surface area contributed by atoms with Crippen molar-refractivity contribution < 1.29 is 14.3 Å². The molecule has 4 heterocycles. The average Bonchev–Trinajstić information content (AvgIpc) is 3.33. The van der Waals surface area contributed by atoms with E-state index in [1.807, 2.05) is 54.1 Å². The number of esters is 1. The number of carbonyl (C=O) groups excluding carboxylic acids is 1. The number of hydrogen-bond donors (Lipinski definition) is 0. The highest BCUT2D eigenvalue weighted by molar-refractivity contribution is 6.00. The van der Waals surface area contributed by atoms with Crippen LogP contribution in [-0.2, 0) is 9.47 Å². The number of anilines is 2. The Kier molecular flexibility index (Phi) is 7.28. The lowest BCUT2D eigenvalue weighted by atomic mass is 9.98. The average molecular weight is 515 g/mol. The molecule has 1 aromatic carbocycles. The minimum absolute atomic E-state index is 0.130. The summed E-state index contributed by atoms with van der Waals surface area (Å²) in [4.78, 5) is 26.7. The first kappa shape index (κ1) is 25.7. The predicted molar refractivity (Wildman–Crippen MR) is 150 cm³/mol.